The zero-order valence-corrected chi connectivity index (χ0v) is 12.2. The lowest BCUT2D eigenvalue weighted by molar-refractivity contribution is 0.557. The molecule has 3 heteroatoms. The van der Waals surface area contributed by atoms with Gasteiger partial charge in [0, 0.05) is 21.2 Å². The summed E-state index contributed by atoms with van der Waals surface area (Å²) in [6, 6.07) is 15.6. The zero-order valence-electron chi connectivity index (χ0n) is 11.3. The first kappa shape index (κ1) is 13.0. The van der Waals surface area contributed by atoms with Crippen LogP contribution in [0, 0.1) is 13.8 Å². The molecule has 3 aromatic rings. The Morgan fingerprint density at radius 3 is 2.55 bits per heavy atom. The third-order valence-electron chi connectivity index (χ3n) is 3.17. The van der Waals surface area contributed by atoms with Crippen molar-refractivity contribution in [3.63, 3.8) is 0 Å². The molecule has 0 saturated carbocycles. The molecule has 1 aromatic heterocycles. The number of aryl methyl sites for hydroxylation is 2. The van der Waals surface area contributed by atoms with Gasteiger partial charge in [-0.1, -0.05) is 41.6 Å². The molecule has 3 rings (SSSR count). The van der Waals surface area contributed by atoms with Gasteiger partial charge in [-0.05, 0) is 37.6 Å². The van der Waals surface area contributed by atoms with Crippen LogP contribution >= 0.6 is 11.8 Å². The van der Waals surface area contributed by atoms with E-state index in [1.54, 1.807) is 17.8 Å². The lowest BCUT2D eigenvalue weighted by atomic mass is 10.2. The van der Waals surface area contributed by atoms with Crippen LogP contribution in [0.5, 0.6) is 0 Å². The number of hydrogen-bond acceptors (Lipinski definition) is 3. The van der Waals surface area contributed by atoms with E-state index in [0.29, 0.717) is 5.58 Å². The van der Waals surface area contributed by atoms with Crippen LogP contribution in [0.2, 0.25) is 0 Å². The van der Waals surface area contributed by atoms with Crippen LogP contribution in [0.1, 0.15) is 11.1 Å². The normalized spacial score (nSPS) is 10.9. The maximum Gasteiger partial charge on any atom is 0.337 e. The van der Waals surface area contributed by atoms with Gasteiger partial charge in [-0.25, -0.2) is 4.79 Å². The highest BCUT2D eigenvalue weighted by Gasteiger charge is 2.08. The molecule has 0 N–H and O–H groups in total. The molecule has 0 atom stereocenters. The van der Waals surface area contributed by atoms with E-state index < -0.39 is 0 Å². The van der Waals surface area contributed by atoms with Crippen molar-refractivity contribution in [3.05, 3.63) is 70.1 Å². The third-order valence-corrected chi connectivity index (χ3v) is 4.41. The van der Waals surface area contributed by atoms with Gasteiger partial charge in [-0.3, -0.25) is 0 Å². The van der Waals surface area contributed by atoms with Crippen molar-refractivity contribution in [1.29, 1.82) is 0 Å². The monoisotopic (exact) mass is 282 g/mol. The van der Waals surface area contributed by atoms with Crippen molar-refractivity contribution in [1.82, 2.24) is 0 Å². The van der Waals surface area contributed by atoms with Gasteiger partial charge in [0.05, 0.1) is 0 Å². The Balaban J connectivity index is 2.18. The largest absolute Gasteiger partial charge is 0.423 e. The van der Waals surface area contributed by atoms with Crippen molar-refractivity contribution >= 4 is 22.7 Å². The first-order valence-electron chi connectivity index (χ1n) is 6.41. The molecule has 0 unspecified atom stereocenters. The van der Waals surface area contributed by atoms with Crippen molar-refractivity contribution in [2.45, 2.75) is 23.6 Å². The summed E-state index contributed by atoms with van der Waals surface area (Å²) < 4.78 is 5.26. The molecule has 2 nitrogen and oxygen atoms in total. The van der Waals surface area contributed by atoms with E-state index in [0.717, 1.165) is 20.7 Å². The maximum atomic E-state index is 11.7. The molecule has 1 heterocycles. The Morgan fingerprint density at radius 1 is 0.950 bits per heavy atom. The molecule has 100 valence electrons. The molecule has 0 bridgehead atoms. The molecule has 0 fully saturated rings. The zero-order chi connectivity index (χ0) is 14.1. The molecule has 0 spiro atoms. The van der Waals surface area contributed by atoms with Crippen LogP contribution < -0.4 is 5.63 Å². The SMILES string of the molecule is Cc1ccc2oc(=O)cc(Sc3ccccc3C)c2c1. The standard InChI is InChI=1S/C17H14O2S/c1-11-7-8-14-13(9-11)16(10-17(18)19-14)20-15-6-4-3-5-12(15)2/h3-10H,1-2H3. The van der Waals surface area contributed by atoms with Gasteiger partial charge < -0.3 is 4.42 Å². The fourth-order valence-electron chi connectivity index (χ4n) is 2.12. The summed E-state index contributed by atoms with van der Waals surface area (Å²) in [6.45, 7) is 4.11. The minimum absolute atomic E-state index is 0.308. The van der Waals surface area contributed by atoms with Crippen LogP contribution in [0.25, 0.3) is 11.0 Å². The van der Waals surface area contributed by atoms with Crippen molar-refractivity contribution in [3.8, 4) is 0 Å². The topological polar surface area (TPSA) is 30.2 Å². The first-order chi connectivity index (χ1) is 9.63. The molecule has 20 heavy (non-hydrogen) atoms. The first-order valence-corrected chi connectivity index (χ1v) is 7.23. The number of hydrogen-bond donors (Lipinski definition) is 0. The average Bonchev–Trinajstić information content (AvgIpc) is 2.42. The van der Waals surface area contributed by atoms with E-state index in [1.165, 1.54) is 5.56 Å². The molecule has 0 saturated heterocycles. The van der Waals surface area contributed by atoms with E-state index in [2.05, 4.69) is 25.1 Å². The molecule has 0 aliphatic heterocycles. The van der Waals surface area contributed by atoms with Gasteiger partial charge in [0.25, 0.3) is 0 Å². The van der Waals surface area contributed by atoms with Gasteiger partial charge in [-0.2, -0.15) is 0 Å². The highest BCUT2D eigenvalue weighted by atomic mass is 32.2. The molecular formula is C17H14O2S. The summed E-state index contributed by atoms with van der Waals surface area (Å²) in [5, 5.41) is 0.984. The smallest absolute Gasteiger partial charge is 0.337 e. The summed E-state index contributed by atoms with van der Waals surface area (Å²) in [4.78, 5) is 13.8. The molecule has 0 radical (unpaired) electrons. The van der Waals surface area contributed by atoms with Gasteiger partial charge in [-0.15, -0.1) is 0 Å². The summed E-state index contributed by atoms with van der Waals surface area (Å²) in [5.41, 5.74) is 2.68. The van der Waals surface area contributed by atoms with E-state index in [9.17, 15) is 4.79 Å². The Hall–Kier alpha value is -2.00. The predicted octanol–water partition coefficient (Wildman–Crippen LogP) is 4.56. The number of benzene rings is 2. The highest BCUT2D eigenvalue weighted by Crippen LogP contribution is 2.34. The number of fused-ring (bicyclic) bond motifs is 1. The van der Waals surface area contributed by atoms with Crippen LogP contribution in [-0.4, -0.2) is 0 Å². The van der Waals surface area contributed by atoms with E-state index in [-0.39, 0.29) is 5.63 Å². The molecular weight excluding hydrogens is 268 g/mol. The van der Waals surface area contributed by atoms with Gasteiger partial charge in [0.2, 0.25) is 0 Å². The highest BCUT2D eigenvalue weighted by molar-refractivity contribution is 7.99. The fourth-order valence-corrected chi connectivity index (χ4v) is 3.16. The summed E-state index contributed by atoms with van der Waals surface area (Å²) in [5.74, 6) is 0. The van der Waals surface area contributed by atoms with Crippen molar-refractivity contribution < 1.29 is 4.42 Å². The Bertz CT molecular complexity index is 834. The Morgan fingerprint density at radius 2 is 1.75 bits per heavy atom. The van der Waals surface area contributed by atoms with E-state index in [4.69, 9.17) is 4.42 Å². The predicted molar refractivity (Wildman–Crippen MR) is 82.5 cm³/mol. The minimum atomic E-state index is -0.308. The quantitative estimate of drug-likeness (QED) is 0.645. The van der Waals surface area contributed by atoms with Crippen molar-refractivity contribution in [2.75, 3.05) is 0 Å². The number of rotatable bonds is 2. The lowest BCUT2D eigenvalue weighted by Gasteiger charge is -2.08. The van der Waals surface area contributed by atoms with Crippen LogP contribution in [0.3, 0.4) is 0 Å². The molecule has 0 aliphatic carbocycles. The summed E-state index contributed by atoms with van der Waals surface area (Å²) in [7, 11) is 0. The van der Waals surface area contributed by atoms with Crippen molar-refractivity contribution in [2.24, 2.45) is 0 Å². The lowest BCUT2D eigenvalue weighted by Crippen LogP contribution is -1.97. The minimum Gasteiger partial charge on any atom is -0.423 e. The Kier molecular flexibility index (Phi) is 3.36. The van der Waals surface area contributed by atoms with Gasteiger partial charge in [0.1, 0.15) is 5.58 Å². The molecule has 2 aromatic carbocycles. The summed E-state index contributed by atoms with van der Waals surface area (Å²) >= 11 is 1.61. The second kappa shape index (κ2) is 5.17. The van der Waals surface area contributed by atoms with Crippen LogP contribution in [0.15, 0.2) is 67.5 Å². The second-order valence-corrected chi connectivity index (χ2v) is 5.88. The fraction of sp³-hybridized carbons (Fsp3) is 0.118. The molecule has 0 amide bonds. The van der Waals surface area contributed by atoms with E-state index in [1.807, 2.05) is 31.2 Å². The second-order valence-electron chi connectivity index (χ2n) is 4.80. The van der Waals surface area contributed by atoms with E-state index >= 15 is 0 Å². The molecule has 0 aliphatic rings. The van der Waals surface area contributed by atoms with Gasteiger partial charge >= 0.3 is 5.63 Å². The van der Waals surface area contributed by atoms with Crippen LogP contribution in [0.4, 0.5) is 0 Å². The van der Waals surface area contributed by atoms with Gasteiger partial charge in [0.15, 0.2) is 0 Å². The maximum absolute atomic E-state index is 11.7. The van der Waals surface area contributed by atoms with Crippen LogP contribution in [-0.2, 0) is 0 Å². The average molecular weight is 282 g/mol. The third kappa shape index (κ3) is 2.49. The Labute approximate surface area is 121 Å². The summed E-state index contributed by atoms with van der Waals surface area (Å²) in [6.07, 6.45) is 0.